The van der Waals surface area contributed by atoms with Crippen molar-refractivity contribution in [1.29, 1.82) is 0 Å². The van der Waals surface area contributed by atoms with Gasteiger partial charge in [-0.2, -0.15) is 4.31 Å². The zero-order valence-electron chi connectivity index (χ0n) is 13.7. The molecule has 7 heteroatoms. The minimum atomic E-state index is -3.55. The molecule has 0 aromatic heterocycles. The Morgan fingerprint density at radius 2 is 2.00 bits per heavy atom. The zero-order valence-corrected chi connectivity index (χ0v) is 14.5. The Morgan fingerprint density at radius 3 is 2.61 bits per heavy atom. The SMILES string of the molecule is CC(C)(CN)NC(=O)C1CCCN(S(=O)(=O)c2ccccc2)C1. The molecule has 0 aliphatic carbocycles. The first-order valence-corrected chi connectivity index (χ1v) is 9.27. The van der Waals surface area contributed by atoms with E-state index in [9.17, 15) is 13.2 Å². The fraction of sp³-hybridized carbons (Fsp3) is 0.562. The van der Waals surface area contributed by atoms with Gasteiger partial charge in [-0.3, -0.25) is 4.79 Å². The number of nitrogens with one attached hydrogen (secondary N) is 1. The van der Waals surface area contributed by atoms with Gasteiger partial charge in [0.05, 0.1) is 10.8 Å². The van der Waals surface area contributed by atoms with Crippen LogP contribution in [0.4, 0.5) is 0 Å². The molecule has 1 atom stereocenters. The molecule has 1 aromatic carbocycles. The molecule has 1 aromatic rings. The molecule has 128 valence electrons. The monoisotopic (exact) mass is 339 g/mol. The van der Waals surface area contributed by atoms with Gasteiger partial charge >= 0.3 is 0 Å². The van der Waals surface area contributed by atoms with E-state index in [0.717, 1.165) is 0 Å². The molecule has 0 saturated carbocycles. The van der Waals surface area contributed by atoms with E-state index in [1.807, 2.05) is 13.8 Å². The predicted molar refractivity (Wildman–Crippen MR) is 89.2 cm³/mol. The minimum absolute atomic E-state index is 0.131. The van der Waals surface area contributed by atoms with Crippen LogP contribution in [0.5, 0.6) is 0 Å². The standard InChI is InChI=1S/C16H25N3O3S/c1-16(2,12-17)18-15(20)13-7-6-10-19(11-13)23(21,22)14-8-4-3-5-9-14/h3-5,8-9,13H,6-7,10-12,17H2,1-2H3,(H,18,20). The van der Waals surface area contributed by atoms with Crippen LogP contribution in [0.1, 0.15) is 26.7 Å². The molecule has 2 rings (SSSR count). The molecule has 0 radical (unpaired) electrons. The second-order valence-corrected chi connectivity index (χ2v) is 8.53. The van der Waals surface area contributed by atoms with Crippen molar-refractivity contribution < 1.29 is 13.2 Å². The van der Waals surface area contributed by atoms with Gasteiger partial charge in [0.15, 0.2) is 0 Å². The van der Waals surface area contributed by atoms with Crippen molar-refractivity contribution in [3.8, 4) is 0 Å². The molecule has 6 nitrogen and oxygen atoms in total. The van der Waals surface area contributed by atoms with Gasteiger partial charge in [0, 0.05) is 25.2 Å². The summed E-state index contributed by atoms with van der Waals surface area (Å²) in [7, 11) is -3.55. The Labute approximate surface area is 138 Å². The van der Waals surface area contributed by atoms with E-state index >= 15 is 0 Å². The Bertz CT molecular complexity index is 644. The molecule has 1 amide bonds. The summed E-state index contributed by atoms with van der Waals surface area (Å²) in [4.78, 5) is 12.7. The first kappa shape index (κ1) is 17.9. The third-order valence-corrected chi connectivity index (χ3v) is 5.99. The highest BCUT2D eigenvalue weighted by Crippen LogP contribution is 2.24. The van der Waals surface area contributed by atoms with Gasteiger partial charge in [0.2, 0.25) is 15.9 Å². The maximum atomic E-state index is 12.7. The summed E-state index contributed by atoms with van der Waals surface area (Å²) in [5.74, 6) is -0.471. The number of rotatable bonds is 5. The van der Waals surface area contributed by atoms with Crippen LogP contribution in [-0.4, -0.2) is 43.8 Å². The summed E-state index contributed by atoms with van der Waals surface area (Å²) in [6.07, 6.45) is 1.36. The fourth-order valence-corrected chi connectivity index (χ4v) is 4.15. The number of amides is 1. The quantitative estimate of drug-likeness (QED) is 0.835. The molecule has 3 N–H and O–H groups in total. The Morgan fingerprint density at radius 1 is 1.35 bits per heavy atom. The molecule has 0 bridgehead atoms. The second-order valence-electron chi connectivity index (χ2n) is 6.59. The maximum absolute atomic E-state index is 12.7. The van der Waals surface area contributed by atoms with Crippen molar-refractivity contribution in [2.24, 2.45) is 11.7 Å². The van der Waals surface area contributed by atoms with E-state index in [1.54, 1.807) is 30.3 Å². The van der Waals surface area contributed by atoms with E-state index in [1.165, 1.54) is 4.31 Å². The van der Waals surface area contributed by atoms with Crippen molar-refractivity contribution in [2.45, 2.75) is 37.1 Å². The van der Waals surface area contributed by atoms with E-state index in [4.69, 9.17) is 5.73 Å². The van der Waals surface area contributed by atoms with Gasteiger partial charge in [-0.1, -0.05) is 18.2 Å². The number of nitrogens with two attached hydrogens (primary N) is 1. The average Bonchev–Trinajstić information content (AvgIpc) is 2.55. The highest BCUT2D eigenvalue weighted by Gasteiger charge is 2.34. The van der Waals surface area contributed by atoms with Crippen molar-refractivity contribution >= 4 is 15.9 Å². The van der Waals surface area contributed by atoms with Gasteiger partial charge < -0.3 is 11.1 Å². The Hall–Kier alpha value is -1.44. The molecule has 1 aliphatic rings. The van der Waals surface area contributed by atoms with Crippen LogP contribution in [0.3, 0.4) is 0 Å². The van der Waals surface area contributed by atoms with Crippen LogP contribution in [0.15, 0.2) is 35.2 Å². The summed E-state index contributed by atoms with van der Waals surface area (Å²) in [5, 5.41) is 2.90. The van der Waals surface area contributed by atoms with E-state index < -0.39 is 15.6 Å². The number of nitrogens with zero attached hydrogens (tertiary/aromatic N) is 1. The second kappa shape index (κ2) is 6.98. The van der Waals surface area contributed by atoms with Gasteiger partial charge in [-0.15, -0.1) is 0 Å². The molecule has 1 fully saturated rings. The van der Waals surface area contributed by atoms with Crippen LogP contribution >= 0.6 is 0 Å². The van der Waals surface area contributed by atoms with Crippen LogP contribution in [0, 0.1) is 5.92 Å². The number of hydrogen-bond acceptors (Lipinski definition) is 4. The van der Waals surface area contributed by atoms with Gasteiger partial charge in [0.25, 0.3) is 0 Å². The molecule has 1 unspecified atom stereocenters. The largest absolute Gasteiger partial charge is 0.350 e. The first-order valence-electron chi connectivity index (χ1n) is 7.83. The molecule has 1 saturated heterocycles. The zero-order chi connectivity index (χ0) is 17.1. The molecule has 23 heavy (non-hydrogen) atoms. The highest BCUT2D eigenvalue weighted by atomic mass is 32.2. The number of sulfonamides is 1. The number of carbonyl (C=O) groups is 1. The lowest BCUT2D eigenvalue weighted by Crippen LogP contribution is -2.53. The van der Waals surface area contributed by atoms with E-state index in [-0.39, 0.29) is 23.3 Å². The molecule has 0 spiro atoms. The van der Waals surface area contributed by atoms with Gasteiger partial charge in [-0.25, -0.2) is 8.42 Å². The summed E-state index contributed by atoms with van der Waals surface area (Å²) in [6, 6.07) is 8.34. The summed E-state index contributed by atoms with van der Waals surface area (Å²) >= 11 is 0. The Kier molecular flexibility index (Phi) is 5.44. The van der Waals surface area contributed by atoms with Crippen LogP contribution in [0.25, 0.3) is 0 Å². The summed E-state index contributed by atoms with van der Waals surface area (Å²) in [6.45, 7) is 4.70. The van der Waals surface area contributed by atoms with Gasteiger partial charge in [0.1, 0.15) is 0 Å². The fourth-order valence-electron chi connectivity index (χ4n) is 2.60. The lowest BCUT2D eigenvalue weighted by molar-refractivity contribution is -0.127. The third-order valence-electron chi connectivity index (χ3n) is 4.11. The number of hydrogen-bond donors (Lipinski definition) is 2. The smallest absolute Gasteiger partial charge is 0.243 e. The van der Waals surface area contributed by atoms with Crippen LogP contribution in [-0.2, 0) is 14.8 Å². The topological polar surface area (TPSA) is 92.5 Å². The third kappa shape index (κ3) is 4.31. The molecular formula is C16H25N3O3S. The maximum Gasteiger partial charge on any atom is 0.243 e. The molecular weight excluding hydrogens is 314 g/mol. The first-order chi connectivity index (χ1) is 10.8. The van der Waals surface area contributed by atoms with E-state index in [0.29, 0.717) is 25.9 Å². The van der Waals surface area contributed by atoms with E-state index in [2.05, 4.69) is 5.32 Å². The van der Waals surface area contributed by atoms with Crippen molar-refractivity contribution in [2.75, 3.05) is 19.6 Å². The number of piperidine rings is 1. The Balaban J connectivity index is 2.11. The summed E-state index contributed by atoms with van der Waals surface area (Å²) in [5.41, 5.74) is 5.15. The lowest BCUT2D eigenvalue weighted by atomic mass is 9.96. The molecule has 1 aliphatic heterocycles. The number of benzene rings is 1. The van der Waals surface area contributed by atoms with Crippen molar-refractivity contribution in [1.82, 2.24) is 9.62 Å². The number of carbonyl (C=O) groups excluding carboxylic acids is 1. The van der Waals surface area contributed by atoms with Crippen molar-refractivity contribution in [3.05, 3.63) is 30.3 Å². The van der Waals surface area contributed by atoms with Gasteiger partial charge in [-0.05, 0) is 38.8 Å². The summed E-state index contributed by atoms with van der Waals surface area (Å²) < 4.78 is 26.8. The normalized spacial score (nSPS) is 20.2. The minimum Gasteiger partial charge on any atom is -0.350 e. The van der Waals surface area contributed by atoms with Crippen molar-refractivity contribution in [3.63, 3.8) is 0 Å². The molecule has 1 heterocycles. The average molecular weight is 339 g/mol. The van der Waals surface area contributed by atoms with Crippen LogP contribution < -0.4 is 11.1 Å². The predicted octanol–water partition coefficient (Wildman–Crippen LogP) is 0.941. The highest BCUT2D eigenvalue weighted by molar-refractivity contribution is 7.89. The van der Waals surface area contributed by atoms with Crippen LogP contribution in [0.2, 0.25) is 0 Å². The lowest BCUT2D eigenvalue weighted by Gasteiger charge is -2.33.